The third-order valence-electron chi connectivity index (χ3n) is 6.00. The summed E-state index contributed by atoms with van der Waals surface area (Å²) < 4.78 is 11.3. The Morgan fingerprint density at radius 1 is 1.06 bits per heavy atom. The van der Waals surface area contributed by atoms with Crippen molar-refractivity contribution in [2.45, 2.75) is 25.9 Å². The molecular formula is C23H29N7O2S. The fourth-order valence-electron chi connectivity index (χ4n) is 4.01. The molecule has 0 amide bonds. The molecule has 2 fully saturated rings. The van der Waals surface area contributed by atoms with E-state index in [9.17, 15) is 0 Å². The fourth-order valence-corrected chi connectivity index (χ4v) is 4.80. The Labute approximate surface area is 197 Å². The van der Waals surface area contributed by atoms with Crippen LogP contribution in [0.25, 0.3) is 10.6 Å². The maximum absolute atomic E-state index is 5.94. The molecule has 0 aromatic carbocycles. The molecule has 9 nitrogen and oxygen atoms in total. The minimum atomic E-state index is 0.109. The van der Waals surface area contributed by atoms with E-state index in [0.717, 1.165) is 86.0 Å². The average Bonchev–Trinajstić information content (AvgIpc) is 3.34. The lowest BCUT2D eigenvalue weighted by molar-refractivity contribution is 0.0217. The van der Waals surface area contributed by atoms with Crippen molar-refractivity contribution in [1.29, 1.82) is 0 Å². The Hall–Kier alpha value is -2.82. The van der Waals surface area contributed by atoms with E-state index < -0.39 is 0 Å². The van der Waals surface area contributed by atoms with Crippen molar-refractivity contribution in [3.05, 3.63) is 36.8 Å². The summed E-state index contributed by atoms with van der Waals surface area (Å²) in [5.74, 6) is 0.776. The number of nitrogens with one attached hydrogen (secondary N) is 1. The molecule has 33 heavy (non-hydrogen) atoms. The van der Waals surface area contributed by atoms with E-state index in [0.29, 0.717) is 6.01 Å². The number of nitrogens with zero attached hydrogens (tertiary/aromatic N) is 6. The first-order chi connectivity index (χ1) is 16.3. The van der Waals surface area contributed by atoms with Crippen LogP contribution in [0.4, 0.5) is 16.6 Å². The normalized spacial score (nSPS) is 17.8. The van der Waals surface area contributed by atoms with Crippen molar-refractivity contribution < 1.29 is 9.47 Å². The molecule has 2 aliphatic rings. The van der Waals surface area contributed by atoms with Gasteiger partial charge in [-0.2, -0.15) is 4.98 Å². The Morgan fingerprint density at radius 3 is 2.67 bits per heavy atom. The molecule has 0 bridgehead atoms. The molecule has 2 aliphatic heterocycles. The van der Waals surface area contributed by atoms with Gasteiger partial charge in [-0.3, -0.25) is 0 Å². The summed E-state index contributed by atoms with van der Waals surface area (Å²) in [7, 11) is 0. The summed E-state index contributed by atoms with van der Waals surface area (Å²) in [5.41, 5.74) is 1.96. The van der Waals surface area contributed by atoms with Gasteiger partial charge in [0.15, 0.2) is 5.13 Å². The molecule has 0 saturated carbocycles. The van der Waals surface area contributed by atoms with Gasteiger partial charge in [0.25, 0.3) is 0 Å². The predicted octanol–water partition coefficient (Wildman–Crippen LogP) is 3.44. The van der Waals surface area contributed by atoms with Gasteiger partial charge in [-0.05, 0) is 24.7 Å². The third-order valence-corrected chi connectivity index (χ3v) is 6.93. The molecule has 3 aromatic rings. The number of pyridine rings is 1. The van der Waals surface area contributed by atoms with Crippen molar-refractivity contribution in [2.75, 3.05) is 56.2 Å². The fraction of sp³-hybridized carbons (Fsp3) is 0.478. The number of rotatable bonds is 7. The van der Waals surface area contributed by atoms with Crippen LogP contribution in [0.3, 0.4) is 0 Å². The highest BCUT2D eigenvalue weighted by atomic mass is 32.1. The van der Waals surface area contributed by atoms with Crippen molar-refractivity contribution in [2.24, 2.45) is 0 Å². The maximum Gasteiger partial charge on any atom is 0.317 e. The van der Waals surface area contributed by atoms with Crippen LogP contribution in [0.1, 0.15) is 19.8 Å². The smallest absolute Gasteiger partial charge is 0.317 e. The van der Waals surface area contributed by atoms with E-state index >= 15 is 0 Å². The van der Waals surface area contributed by atoms with Gasteiger partial charge < -0.3 is 24.6 Å². The average molecular weight is 468 g/mol. The van der Waals surface area contributed by atoms with E-state index in [4.69, 9.17) is 9.47 Å². The molecule has 3 aromatic heterocycles. The van der Waals surface area contributed by atoms with Crippen molar-refractivity contribution in [1.82, 2.24) is 24.8 Å². The standard InChI is InChI=1S/C23H29N7O2S/c1-2-29-9-11-30(12-10-29)17-3-4-21(25-15-17)28-23-26-16-20(33-23)19-5-8-24-22(27-19)32-18-6-13-31-14-7-18/h3-5,8,15-16,18H,2,6-7,9-14H2,1H3,(H,25,26,28). The molecule has 1 N–H and O–H groups in total. The van der Waals surface area contributed by atoms with E-state index in [2.05, 4.69) is 48.0 Å². The number of ether oxygens (including phenoxy) is 2. The first kappa shape index (κ1) is 22.0. The number of hydrogen-bond donors (Lipinski definition) is 1. The van der Waals surface area contributed by atoms with Crippen LogP contribution in [-0.2, 0) is 4.74 Å². The van der Waals surface area contributed by atoms with Crippen LogP contribution in [0.5, 0.6) is 6.01 Å². The van der Waals surface area contributed by atoms with Gasteiger partial charge in [0.2, 0.25) is 0 Å². The number of hydrogen-bond acceptors (Lipinski definition) is 10. The highest BCUT2D eigenvalue weighted by Gasteiger charge is 2.18. The summed E-state index contributed by atoms with van der Waals surface area (Å²) >= 11 is 1.53. The number of thiazole rings is 1. The van der Waals surface area contributed by atoms with Crippen molar-refractivity contribution in [3.8, 4) is 16.6 Å². The first-order valence-corrected chi connectivity index (χ1v) is 12.3. The second kappa shape index (κ2) is 10.4. The quantitative estimate of drug-likeness (QED) is 0.561. The lowest BCUT2D eigenvalue weighted by atomic mass is 10.2. The number of likely N-dealkylation sites (N-methyl/N-ethyl adjacent to an activating group) is 1. The Kier molecular flexibility index (Phi) is 6.94. The number of anilines is 3. The largest absolute Gasteiger partial charge is 0.460 e. The van der Waals surface area contributed by atoms with Crippen molar-refractivity contribution in [3.63, 3.8) is 0 Å². The zero-order valence-electron chi connectivity index (χ0n) is 18.8. The van der Waals surface area contributed by atoms with E-state index in [-0.39, 0.29) is 6.10 Å². The lowest BCUT2D eigenvalue weighted by Crippen LogP contribution is -2.46. The van der Waals surface area contributed by atoms with Gasteiger partial charge in [-0.25, -0.2) is 15.0 Å². The van der Waals surface area contributed by atoms with Crippen LogP contribution >= 0.6 is 11.3 Å². The highest BCUT2D eigenvalue weighted by molar-refractivity contribution is 7.18. The molecule has 0 atom stereocenters. The Balaban J connectivity index is 1.20. The highest BCUT2D eigenvalue weighted by Crippen LogP contribution is 2.30. The van der Waals surface area contributed by atoms with Crippen LogP contribution < -0.4 is 15.0 Å². The summed E-state index contributed by atoms with van der Waals surface area (Å²) in [5, 5.41) is 4.07. The summed E-state index contributed by atoms with van der Waals surface area (Å²) in [4.78, 5) is 23.7. The van der Waals surface area contributed by atoms with Crippen LogP contribution in [0.15, 0.2) is 36.8 Å². The molecule has 5 rings (SSSR count). The van der Waals surface area contributed by atoms with Gasteiger partial charge in [0, 0.05) is 51.4 Å². The number of piperazine rings is 1. The molecule has 0 spiro atoms. The zero-order chi connectivity index (χ0) is 22.5. The van der Waals surface area contributed by atoms with Crippen LogP contribution in [0.2, 0.25) is 0 Å². The SMILES string of the molecule is CCN1CCN(c2ccc(Nc3ncc(-c4ccnc(OC5CCOCC5)n4)s3)nc2)CC1. The van der Waals surface area contributed by atoms with E-state index in [1.807, 2.05) is 24.5 Å². The van der Waals surface area contributed by atoms with Crippen LogP contribution in [-0.4, -0.2) is 76.9 Å². The second-order valence-corrected chi connectivity index (χ2v) is 9.16. The second-order valence-electron chi connectivity index (χ2n) is 8.13. The Morgan fingerprint density at radius 2 is 1.91 bits per heavy atom. The van der Waals surface area contributed by atoms with Gasteiger partial charge in [-0.1, -0.05) is 18.3 Å². The monoisotopic (exact) mass is 467 g/mol. The van der Waals surface area contributed by atoms with Crippen LogP contribution in [0, 0.1) is 0 Å². The molecule has 10 heteroatoms. The predicted molar refractivity (Wildman–Crippen MR) is 129 cm³/mol. The summed E-state index contributed by atoms with van der Waals surface area (Å²) in [6.45, 7) is 9.05. The van der Waals surface area contributed by atoms with Gasteiger partial charge in [0.05, 0.1) is 35.7 Å². The summed E-state index contributed by atoms with van der Waals surface area (Å²) in [6, 6.07) is 6.40. The van der Waals surface area contributed by atoms with E-state index in [1.54, 1.807) is 6.20 Å². The molecule has 5 heterocycles. The first-order valence-electron chi connectivity index (χ1n) is 11.5. The lowest BCUT2D eigenvalue weighted by Gasteiger charge is -2.35. The van der Waals surface area contributed by atoms with Crippen molar-refractivity contribution >= 4 is 28.0 Å². The summed E-state index contributed by atoms with van der Waals surface area (Å²) in [6.07, 6.45) is 7.31. The zero-order valence-corrected chi connectivity index (χ0v) is 19.6. The minimum absolute atomic E-state index is 0.109. The number of aromatic nitrogens is 4. The van der Waals surface area contributed by atoms with Gasteiger partial charge in [0.1, 0.15) is 11.9 Å². The third kappa shape index (κ3) is 5.58. The topological polar surface area (TPSA) is 88.5 Å². The van der Waals surface area contributed by atoms with Gasteiger partial charge >= 0.3 is 6.01 Å². The molecule has 2 saturated heterocycles. The minimum Gasteiger partial charge on any atom is -0.460 e. The van der Waals surface area contributed by atoms with E-state index in [1.165, 1.54) is 11.3 Å². The molecule has 0 unspecified atom stereocenters. The van der Waals surface area contributed by atoms with Gasteiger partial charge in [-0.15, -0.1) is 0 Å². The molecule has 174 valence electrons. The molecular weight excluding hydrogens is 438 g/mol. The Bertz CT molecular complexity index is 1030. The molecule has 0 aliphatic carbocycles. The maximum atomic E-state index is 5.94. The molecule has 0 radical (unpaired) electrons.